The van der Waals surface area contributed by atoms with Crippen molar-refractivity contribution in [3.63, 3.8) is 0 Å². The maximum absolute atomic E-state index is 13.5. The van der Waals surface area contributed by atoms with Crippen molar-refractivity contribution >= 4 is 17.0 Å². The summed E-state index contributed by atoms with van der Waals surface area (Å²) < 4.78 is 5.35. The normalized spacial score (nSPS) is 30.7. The molecule has 26 heavy (non-hydrogen) atoms. The van der Waals surface area contributed by atoms with Crippen LogP contribution in [-0.4, -0.2) is 56.5 Å². The molecular weight excluding hydrogens is 334 g/mol. The SMILES string of the molecule is Cc1noc2nc3c(c(C(=O)N4C[C@H]5C[C@H](O)[C@H](O)C[C@H]5C4)c12)CCC3. The van der Waals surface area contributed by atoms with Gasteiger partial charge in [-0.1, -0.05) is 5.16 Å². The van der Waals surface area contributed by atoms with Crippen LogP contribution in [0.15, 0.2) is 4.52 Å². The van der Waals surface area contributed by atoms with E-state index in [1.807, 2.05) is 11.8 Å². The maximum Gasteiger partial charge on any atom is 0.259 e. The molecule has 1 aliphatic heterocycles. The zero-order valence-electron chi connectivity index (χ0n) is 14.8. The highest BCUT2D eigenvalue weighted by molar-refractivity contribution is 6.07. The lowest BCUT2D eigenvalue weighted by atomic mass is 9.79. The molecule has 2 fully saturated rings. The van der Waals surface area contributed by atoms with Gasteiger partial charge in [-0.05, 0) is 56.4 Å². The van der Waals surface area contributed by atoms with E-state index < -0.39 is 12.2 Å². The molecule has 2 aliphatic carbocycles. The van der Waals surface area contributed by atoms with Crippen LogP contribution in [0.1, 0.15) is 46.6 Å². The molecule has 2 aromatic heterocycles. The number of nitrogens with zero attached hydrogens (tertiary/aromatic N) is 3. The van der Waals surface area contributed by atoms with E-state index in [1.165, 1.54) is 0 Å². The van der Waals surface area contributed by atoms with Gasteiger partial charge in [-0.2, -0.15) is 0 Å². The van der Waals surface area contributed by atoms with Gasteiger partial charge in [0, 0.05) is 18.8 Å². The monoisotopic (exact) mass is 357 g/mol. The largest absolute Gasteiger partial charge is 0.390 e. The van der Waals surface area contributed by atoms with Crippen LogP contribution < -0.4 is 0 Å². The molecule has 1 saturated carbocycles. The number of rotatable bonds is 1. The summed E-state index contributed by atoms with van der Waals surface area (Å²) >= 11 is 0. The molecule has 0 spiro atoms. The van der Waals surface area contributed by atoms with Crippen LogP contribution in [0.2, 0.25) is 0 Å². The quantitative estimate of drug-likeness (QED) is 0.796. The molecule has 0 bridgehead atoms. The smallest absolute Gasteiger partial charge is 0.259 e. The molecule has 7 nitrogen and oxygen atoms in total. The van der Waals surface area contributed by atoms with Crippen LogP contribution in [0.25, 0.3) is 11.1 Å². The molecule has 138 valence electrons. The Morgan fingerprint density at radius 1 is 1.15 bits per heavy atom. The number of pyridine rings is 1. The second-order valence-corrected chi connectivity index (χ2v) is 8.05. The van der Waals surface area contributed by atoms with E-state index in [1.54, 1.807) is 0 Å². The molecule has 0 unspecified atom stereocenters. The van der Waals surface area contributed by atoms with Crippen molar-refractivity contribution in [3.05, 3.63) is 22.5 Å². The van der Waals surface area contributed by atoms with E-state index in [-0.39, 0.29) is 17.7 Å². The summed E-state index contributed by atoms with van der Waals surface area (Å²) in [6.45, 7) is 3.12. The fraction of sp³-hybridized carbons (Fsp3) is 0.632. The van der Waals surface area contributed by atoms with Gasteiger partial charge in [-0.15, -0.1) is 0 Å². The molecule has 0 radical (unpaired) electrons. The molecule has 4 atom stereocenters. The van der Waals surface area contributed by atoms with Gasteiger partial charge >= 0.3 is 0 Å². The third-order valence-corrected chi connectivity index (χ3v) is 6.43. The van der Waals surface area contributed by atoms with Crippen molar-refractivity contribution in [1.29, 1.82) is 0 Å². The van der Waals surface area contributed by atoms with Crippen LogP contribution in [0.3, 0.4) is 0 Å². The third kappa shape index (κ3) is 2.30. The minimum Gasteiger partial charge on any atom is -0.390 e. The van der Waals surface area contributed by atoms with Crippen molar-refractivity contribution in [2.45, 2.75) is 51.2 Å². The summed E-state index contributed by atoms with van der Waals surface area (Å²) in [5.74, 6) is 0.526. The molecule has 2 N–H and O–H groups in total. The van der Waals surface area contributed by atoms with Crippen LogP contribution in [0.4, 0.5) is 0 Å². The number of aryl methyl sites for hydroxylation is 2. The second-order valence-electron chi connectivity index (χ2n) is 8.05. The highest BCUT2D eigenvalue weighted by atomic mass is 16.5. The number of hydrogen-bond donors (Lipinski definition) is 2. The lowest BCUT2D eigenvalue weighted by Gasteiger charge is -2.31. The van der Waals surface area contributed by atoms with Gasteiger partial charge in [-0.25, -0.2) is 4.98 Å². The minimum atomic E-state index is -0.677. The maximum atomic E-state index is 13.5. The van der Waals surface area contributed by atoms with Crippen LogP contribution in [0, 0.1) is 18.8 Å². The Labute approximate surface area is 151 Å². The van der Waals surface area contributed by atoms with Crippen molar-refractivity contribution in [1.82, 2.24) is 15.0 Å². The molecule has 5 rings (SSSR count). The van der Waals surface area contributed by atoms with Gasteiger partial charge in [0.2, 0.25) is 0 Å². The van der Waals surface area contributed by atoms with E-state index in [2.05, 4.69) is 10.1 Å². The number of hydrogen-bond acceptors (Lipinski definition) is 6. The van der Waals surface area contributed by atoms with Crippen LogP contribution in [0.5, 0.6) is 0 Å². The fourth-order valence-corrected chi connectivity index (χ4v) is 5.08. The number of aliphatic hydroxyl groups is 2. The first-order valence-electron chi connectivity index (χ1n) is 9.46. The Morgan fingerprint density at radius 3 is 2.54 bits per heavy atom. The van der Waals surface area contributed by atoms with Gasteiger partial charge in [-0.3, -0.25) is 4.79 Å². The van der Waals surface area contributed by atoms with Gasteiger partial charge in [0.05, 0.1) is 28.9 Å². The van der Waals surface area contributed by atoms with E-state index in [0.29, 0.717) is 42.9 Å². The Kier molecular flexibility index (Phi) is 3.59. The number of aromatic nitrogens is 2. The van der Waals surface area contributed by atoms with Crippen molar-refractivity contribution in [2.24, 2.45) is 11.8 Å². The van der Waals surface area contributed by atoms with Crippen molar-refractivity contribution < 1.29 is 19.5 Å². The highest BCUT2D eigenvalue weighted by Crippen LogP contribution is 2.39. The number of amides is 1. The van der Waals surface area contributed by atoms with Gasteiger partial charge in [0.25, 0.3) is 11.6 Å². The third-order valence-electron chi connectivity index (χ3n) is 6.43. The molecule has 0 aromatic carbocycles. The molecule has 3 aliphatic rings. The summed E-state index contributed by atoms with van der Waals surface area (Å²) in [6.07, 6.45) is 2.51. The van der Waals surface area contributed by atoms with Gasteiger partial charge in [0.15, 0.2) is 0 Å². The Hall–Kier alpha value is -1.99. The topological polar surface area (TPSA) is 99.7 Å². The van der Waals surface area contributed by atoms with Crippen LogP contribution in [-0.2, 0) is 12.8 Å². The fourth-order valence-electron chi connectivity index (χ4n) is 5.08. The lowest BCUT2D eigenvalue weighted by Crippen LogP contribution is -2.38. The molecule has 3 heterocycles. The Balaban J connectivity index is 1.53. The van der Waals surface area contributed by atoms with Crippen molar-refractivity contribution in [3.8, 4) is 0 Å². The molecular formula is C19H23N3O4. The molecule has 2 aromatic rings. The van der Waals surface area contributed by atoms with E-state index >= 15 is 0 Å². The number of fused-ring (bicyclic) bond motifs is 3. The van der Waals surface area contributed by atoms with Gasteiger partial charge < -0.3 is 19.6 Å². The Bertz CT molecular complexity index is 875. The molecule has 1 amide bonds. The standard InChI is InChI=1S/C19H23N3O4/c1-9-16-17(12-3-2-4-13(12)20-18(16)26-21-9)19(25)22-7-10-5-14(23)15(24)6-11(10)8-22/h10-11,14-15,23-24H,2-8H2,1H3/t10-,11+,14+,15-. The summed E-state index contributed by atoms with van der Waals surface area (Å²) in [5.41, 5.74) is 3.87. The zero-order valence-corrected chi connectivity index (χ0v) is 14.8. The molecule has 1 saturated heterocycles. The average molecular weight is 357 g/mol. The number of carbonyl (C=O) groups excluding carboxylic acids is 1. The number of likely N-dealkylation sites (tertiary alicyclic amines) is 1. The summed E-state index contributed by atoms with van der Waals surface area (Å²) in [7, 11) is 0. The Morgan fingerprint density at radius 2 is 1.85 bits per heavy atom. The first kappa shape index (κ1) is 16.2. The first-order valence-corrected chi connectivity index (χ1v) is 9.46. The van der Waals surface area contributed by atoms with E-state index in [9.17, 15) is 15.0 Å². The predicted molar refractivity (Wildman–Crippen MR) is 92.7 cm³/mol. The van der Waals surface area contributed by atoms with Crippen molar-refractivity contribution in [2.75, 3.05) is 13.1 Å². The van der Waals surface area contributed by atoms with Gasteiger partial charge in [0.1, 0.15) is 0 Å². The number of aliphatic hydroxyl groups excluding tert-OH is 2. The summed E-state index contributed by atoms with van der Waals surface area (Å²) in [4.78, 5) is 19.9. The zero-order chi connectivity index (χ0) is 18.0. The molecule has 7 heteroatoms. The second kappa shape index (κ2) is 5.76. The van der Waals surface area contributed by atoms with Crippen LogP contribution >= 0.6 is 0 Å². The first-order chi connectivity index (χ1) is 12.5. The lowest BCUT2D eigenvalue weighted by molar-refractivity contribution is -0.0372. The van der Waals surface area contributed by atoms with E-state index in [0.717, 1.165) is 35.9 Å². The summed E-state index contributed by atoms with van der Waals surface area (Å²) in [5, 5.41) is 24.7. The highest BCUT2D eigenvalue weighted by Gasteiger charge is 2.43. The summed E-state index contributed by atoms with van der Waals surface area (Å²) in [6, 6.07) is 0. The predicted octanol–water partition coefficient (Wildman–Crippen LogP) is 1.22. The average Bonchev–Trinajstić information content (AvgIpc) is 3.32. The minimum absolute atomic E-state index is 0.0141. The van der Waals surface area contributed by atoms with E-state index in [4.69, 9.17) is 4.52 Å². The number of carbonyl (C=O) groups is 1.